The molecule has 0 atom stereocenters. The molecule has 0 saturated heterocycles. The molecule has 0 N–H and O–H groups in total. The Morgan fingerprint density at radius 3 is 1.40 bits per heavy atom. The molecule has 0 aromatic rings. The number of hydrogen-bond donors (Lipinski definition) is 0. The quantitative estimate of drug-likeness (QED) is 0.503. The van der Waals surface area contributed by atoms with Gasteiger partial charge in [0, 0.05) is 32.7 Å². The largest absolute Gasteiger partial charge is 0.101 e. The molecule has 0 amide bonds. The van der Waals surface area contributed by atoms with Crippen LogP contribution in [0, 0.1) is 0 Å². The fourth-order valence-corrected chi connectivity index (χ4v) is 0. The van der Waals surface area contributed by atoms with E-state index in [1.54, 1.807) is 0 Å². The second kappa shape index (κ2) is 5.75. The van der Waals surface area contributed by atoms with Crippen LogP contribution in [-0.2, 0) is 44.5 Å². The van der Waals surface area contributed by atoms with E-state index in [0.29, 0.717) is 0 Å². The number of hydrogen-bond acceptors (Lipinski definition) is 1. The molecule has 0 aliphatic rings. The Kier molecular flexibility index (Phi) is 11.4. The molecule has 29 valence electrons. The van der Waals surface area contributed by atoms with Crippen molar-refractivity contribution in [2.45, 2.75) is 0 Å². The van der Waals surface area contributed by atoms with E-state index < -0.39 is 0 Å². The van der Waals surface area contributed by atoms with Gasteiger partial charge in [-0.05, 0) is 13.3 Å². The van der Waals surface area contributed by atoms with Crippen LogP contribution in [0.3, 0.4) is 0 Å². The van der Waals surface area contributed by atoms with Gasteiger partial charge in [-0.3, -0.25) is 0 Å². The van der Waals surface area contributed by atoms with Crippen LogP contribution in [-0.4, -0.2) is 13.3 Å². The Labute approximate surface area is 64.0 Å². The maximum Gasteiger partial charge on any atom is 0 e. The van der Waals surface area contributed by atoms with E-state index in [2.05, 4.69) is 13.3 Å². The minimum atomic E-state index is -0.296. The van der Waals surface area contributed by atoms with Gasteiger partial charge in [-0.15, -0.1) is 11.8 Å². The molecule has 0 nitrogen and oxygen atoms in total. The average Bonchev–Trinajstić information content (AvgIpc) is 0.811. The second-order valence-electron chi connectivity index (χ2n) is 0.908. The Bertz CT molecular complexity index is 32.6. The van der Waals surface area contributed by atoms with Gasteiger partial charge < -0.3 is 0 Å². The zero-order valence-corrected chi connectivity index (χ0v) is 8.14. The first-order chi connectivity index (χ1) is 1.73. The van der Waals surface area contributed by atoms with Gasteiger partial charge >= 0.3 is 0 Å². The first-order valence-electron chi connectivity index (χ1n) is 1.20. The van der Waals surface area contributed by atoms with Crippen molar-refractivity contribution in [3.8, 4) is 0 Å². The molecule has 0 unspecified atom stereocenters. The summed E-state index contributed by atoms with van der Waals surface area (Å²) in [6.07, 6.45) is 0. The van der Waals surface area contributed by atoms with E-state index >= 15 is 0 Å². The van der Waals surface area contributed by atoms with Crippen LogP contribution < -0.4 is 0 Å². The summed E-state index contributed by atoms with van der Waals surface area (Å²) in [7, 11) is 0. The first-order valence-corrected chi connectivity index (χ1v) is 4.84. The summed E-state index contributed by atoms with van der Waals surface area (Å²) in [6.45, 7) is 3.87. The molecule has 5 heavy (non-hydrogen) atoms. The van der Waals surface area contributed by atoms with Gasteiger partial charge in [0.15, 0.2) is 0 Å². The second-order valence-corrected chi connectivity index (χ2v) is 5.17. The normalized spacial score (nSPS) is 7.00. The SMILES string of the molecule is C[PH](C)=S.[Y]. The zero-order chi connectivity index (χ0) is 3.58. The van der Waals surface area contributed by atoms with Crippen LogP contribution in [0.15, 0.2) is 0 Å². The van der Waals surface area contributed by atoms with Gasteiger partial charge in [0.25, 0.3) is 0 Å². The summed E-state index contributed by atoms with van der Waals surface area (Å²) in [6, 6.07) is 0. The van der Waals surface area contributed by atoms with E-state index in [1.807, 2.05) is 0 Å². The molecule has 3 heteroatoms. The molecular formula is C2H7PSY. The molecule has 0 rings (SSSR count). The topological polar surface area (TPSA) is 0 Å². The fraction of sp³-hybridized carbons (Fsp3) is 1.00. The standard InChI is InChI=1S/C2H7PS.Y/c1-3(2)4;/h3H,1-2H3;. The van der Waals surface area contributed by atoms with Gasteiger partial charge in [-0.25, -0.2) is 0 Å². The van der Waals surface area contributed by atoms with Gasteiger partial charge in [0.1, 0.15) is 0 Å². The van der Waals surface area contributed by atoms with Crippen LogP contribution in [0.4, 0.5) is 0 Å². The summed E-state index contributed by atoms with van der Waals surface area (Å²) in [5.41, 5.74) is 0. The van der Waals surface area contributed by atoms with E-state index in [1.165, 1.54) is 0 Å². The van der Waals surface area contributed by atoms with Crippen LogP contribution in [0.25, 0.3) is 0 Å². The smallest absolute Gasteiger partial charge is 0 e. The van der Waals surface area contributed by atoms with Crippen molar-refractivity contribution < 1.29 is 32.7 Å². The first kappa shape index (κ1) is 9.89. The van der Waals surface area contributed by atoms with Crippen LogP contribution in [0.5, 0.6) is 0 Å². The average molecular weight is 183 g/mol. The molecule has 0 spiro atoms. The maximum absolute atomic E-state index is 4.72. The van der Waals surface area contributed by atoms with Crippen LogP contribution >= 0.6 is 6.70 Å². The van der Waals surface area contributed by atoms with Crippen molar-refractivity contribution in [3.63, 3.8) is 0 Å². The third kappa shape index (κ3) is 26.4. The monoisotopic (exact) mass is 183 g/mol. The molecule has 0 bridgehead atoms. The zero-order valence-electron chi connectivity index (χ0n) is 3.49. The third-order valence-electron chi connectivity index (χ3n) is 0. The van der Waals surface area contributed by atoms with E-state index in [9.17, 15) is 0 Å². The van der Waals surface area contributed by atoms with Gasteiger partial charge in [0.2, 0.25) is 0 Å². The van der Waals surface area contributed by atoms with Gasteiger partial charge in [0.05, 0.1) is 0 Å². The Balaban J connectivity index is 0. The van der Waals surface area contributed by atoms with Crippen molar-refractivity contribution in [2.75, 3.05) is 13.3 Å². The molecular weight excluding hydrogens is 176 g/mol. The fourth-order valence-electron chi connectivity index (χ4n) is 0. The minimum absolute atomic E-state index is 0. The van der Waals surface area contributed by atoms with E-state index in [-0.39, 0.29) is 39.4 Å². The summed E-state index contributed by atoms with van der Waals surface area (Å²) in [5, 5.41) is 0. The van der Waals surface area contributed by atoms with Crippen molar-refractivity contribution in [2.24, 2.45) is 0 Å². The van der Waals surface area contributed by atoms with Crippen LogP contribution in [0.2, 0.25) is 0 Å². The number of rotatable bonds is 0. The predicted octanol–water partition coefficient (Wildman–Crippen LogP) is 0.920. The van der Waals surface area contributed by atoms with Gasteiger partial charge in [-0.2, -0.15) is 0 Å². The van der Waals surface area contributed by atoms with Crippen molar-refractivity contribution in [1.82, 2.24) is 0 Å². The predicted molar refractivity (Wildman–Crippen MR) is 27.5 cm³/mol. The van der Waals surface area contributed by atoms with Crippen molar-refractivity contribution >= 4 is 18.5 Å². The molecule has 0 saturated carbocycles. The molecule has 1 radical (unpaired) electrons. The van der Waals surface area contributed by atoms with Crippen molar-refractivity contribution in [3.05, 3.63) is 0 Å². The van der Waals surface area contributed by atoms with E-state index in [4.69, 9.17) is 11.8 Å². The minimum Gasteiger partial charge on any atom is -0.101 e. The molecule has 0 aromatic heterocycles. The summed E-state index contributed by atoms with van der Waals surface area (Å²) >= 11 is 4.72. The Hall–Kier alpha value is 1.75. The van der Waals surface area contributed by atoms with E-state index in [0.717, 1.165) is 0 Å². The Morgan fingerprint density at radius 2 is 1.40 bits per heavy atom. The molecule has 0 aliphatic heterocycles. The molecule has 0 fully saturated rings. The maximum atomic E-state index is 4.72. The molecule has 0 aliphatic carbocycles. The third-order valence-corrected chi connectivity index (χ3v) is 0. The molecule has 0 heterocycles. The van der Waals surface area contributed by atoms with Crippen LogP contribution in [0.1, 0.15) is 0 Å². The van der Waals surface area contributed by atoms with Crippen molar-refractivity contribution in [1.29, 1.82) is 0 Å². The summed E-state index contributed by atoms with van der Waals surface area (Å²) in [5.74, 6) is 0. The molecule has 0 aromatic carbocycles. The Morgan fingerprint density at radius 1 is 1.40 bits per heavy atom. The summed E-state index contributed by atoms with van der Waals surface area (Å²) < 4.78 is 0. The van der Waals surface area contributed by atoms with Gasteiger partial charge in [-0.1, -0.05) is 6.70 Å². The summed E-state index contributed by atoms with van der Waals surface area (Å²) in [4.78, 5) is 0.